The number of anilines is 1. The average Bonchev–Trinajstić information content (AvgIpc) is 2.71. The van der Waals surface area contributed by atoms with Crippen LogP contribution in [0.15, 0.2) is 65.6 Å². The van der Waals surface area contributed by atoms with Gasteiger partial charge in [0, 0.05) is 6.54 Å². The van der Waals surface area contributed by atoms with Gasteiger partial charge in [0.15, 0.2) is 0 Å². The number of nitrogens with zero attached hydrogens (tertiary/aromatic N) is 2. The summed E-state index contributed by atoms with van der Waals surface area (Å²) in [6.07, 6.45) is 1.50. The third-order valence-corrected chi connectivity index (χ3v) is 5.79. The van der Waals surface area contributed by atoms with E-state index in [1.165, 1.54) is 17.9 Å². The van der Waals surface area contributed by atoms with Gasteiger partial charge in [-0.15, -0.1) is 0 Å². The maximum Gasteiger partial charge on any atom is 0.292 e. The molecule has 0 spiro atoms. The van der Waals surface area contributed by atoms with Gasteiger partial charge in [0.05, 0.1) is 23.3 Å². The van der Waals surface area contributed by atoms with Crippen molar-refractivity contribution in [3.05, 3.63) is 87.3 Å². The van der Waals surface area contributed by atoms with Crippen molar-refractivity contribution < 1.29 is 8.42 Å². The number of nitrogens with one attached hydrogen (secondary N) is 2. The summed E-state index contributed by atoms with van der Waals surface area (Å²) in [6, 6.07) is 16.2. The molecular weight excluding hydrogens is 400 g/mol. The van der Waals surface area contributed by atoms with E-state index in [1.807, 2.05) is 30.3 Å². The number of halogens is 1. The number of hydrogen-bond donors (Lipinski definition) is 2. The highest BCUT2D eigenvalue weighted by molar-refractivity contribution is 7.88. The zero-order valence-electron chi connectivity index (χ0n) is 15.1. The van der Waals surface area contributed by atoms with Crippen molar-refractivity contribution in [1.29, 1.82) is 0 Å². The number of hydrogen-bond acceptors (Lipinski definition) is 5. The highest BCUT2D eigenvalue weighted by atomic mass is 35.5. The second kappa shape index (κ2) is 8.55. The SMILES string of the molecule is CNS(=O)(=O)Cc1ccc(CNc2cnn(-c3ccccc3)c(=O)c2Cl)cc1. The third kappa shape index (κ3) is 4.78. The van der Waals surface area contributed by atoms with E-state index in [4.69, 9.17) is 11.6 Å². The quantitative estimate of drug-likeness (QED) is 0.615. The topological polar surface area (TPSA) is 93.1 Å². The van der Waals surface area contributed by atoms with Gasteiger partial charge in [-0.1, -0.05) is 54.1 Å². The molecule has 2 aromatic carbocycles. The molecule has 7 nitrogen and oxygen atoms in total. The lowest BCUT2D eigenvalue weighted by molar-refractivity contribution is 0.587. The molecule has 0 amide bonds. The largest absolute Gasteiger partial charge is 0.378 e. The van der Waals surface area contributed by atoms with Crippen LogP contribution in [0.2, 0.25) is 5.02 Å². The summed E-state index contributed by atoms with van der Waals surface area (Å²) in [5, 5.41) is 7.31. The minimum atomic E-state index is -3.31. The van der Waals surface area contributed by atoms with Gasteiger partial charge in [-0.3, -0.25) is 4.79 Å². The fourth-order valence-corrected chi connectivity index (χ4v) is 3.52. The van der Waals surface area contributed by atoms with Crippen LogP contribution in [0, 0.1) is 0 Å². The smallest absolute Gasteiger partial charge is 0.292 e. The first-order chi connectivity index (χ1) is 13.4. The predicted molar refractivity (Wildman–Crippen MR) is 110 cm³/mol. The lowest BCUT2D eigenvalue weighted by atomic mass is 10.1. The molecule has 9 heteroatoms. The maximum atomic E-state index is 12.5. The van der Waals surface area contributed by atoms with Gasteiger partial charge in [0.25, 0.3) is 5.56 Å². The molecule has 0 aliphatic rings. The normalized spacial score (nSPS) is 11.4. The minimum Gasteiger partial charge on any atom is -0.378 e. The van der Waals surface area contributed by atoms with Gasteiger partial charge in [-0.25, -0.2) is 13.1 Å². The molecule has 0 atom stereocenters. The molecule has 0 radical (unpaired) electrons. The molecule has 0 saturated carbocycles. The molecule has 0 aliphatic heterocycles. The van der Waals surface area contributed by atoms with Crippen LogP contribution in [0.4, 0.5) is 5.69 Å². The number of aromatic nitrogens is 2. The van der Waals surface area contributed by atoms with Gasteiger partial charge in [0.2, 0.25) is 10.0 Å². The number of para-hydroxylation sites is 1. The summed E-state index contributed by atoms with van der Waals surface area (Å²) in [4.78, 5) is 12.5. The fraction of sp³-hybridized carbons (Fsp3) is 0.158. The van der Waals surface area contributed by atoms with E-state index in [-0.39, 0.29) is 10.8 Å². The van der Waals surface area contributed by atoms with Crippen molar-refractivity contribution in [3.63, 3.8) is 0 Å². The van der Waals surface area contributed by atoms with Crippen LogP contribution in [-0.2, 0) is 22.3 Å². The molecule has 0 unspecified atom stereocenters. The highest BCUT2D eigenvalue weighted by Gasteiger charge is 2.11. The van der Waals surface area contributed by atoms with E-state index >= 15 is 0 Å². The van der Waals surface area contributed by atoms with Crippen molar-refractivity contribution in [1.82, 2.24) is 14.5 Å². The molecule has 2 N–H and O–H groups in total. The van der Waals surface area contributed by atoms with Crippen LogP contribution in [0.5, 0.6) is 0 Å². The summed E-state index contributed by atoms with van der Waals surface area (Å²) in [5.41, 5.74) is 2.25. The van der Waals surface area contributed by atoms with E-state index in [1.54, 1.807) is 24.3 Å². The summed E-state index contributed by atoms with van der Waals surface area (Å²) in [6.45, 7) is 0.412. The van der Waals surface area contributed by atoms with E-state index in [0.29, 0.717) is 23.5 Å². The van der Waals surface area contributed by atoms with Gasteiger partial charge in [0.1, 0.15) is 5.02 Å². The first kappa shape index (κ1) is 20.1. The Morgan fingerprint density at radius 2 is 1.68 bits per heavy atom. The van der Waals surface area contributed by atoms with E-state index < -0.39 is 15.6 Å². The van der Waals surface area contributed by atoms with Gasteiger partial charge < -0.3 is 5.32 Å². The van der Waals surface area contributed by atoms with Crippen molar-refractivity contribution >= 4 is 27.3 Å². The monoisotopic (exact) mass is 418 g/mol. The van der Waals surface area contributed by atoms with E-state index in [0.717, 1.165) is 5.56 Å². The summed E-state index contributed by atoms with van der Waals surface area (Å²) >= 11 is 6.22. The second-order valence-corrected chi connectivity index (χ2v) is 8.36. The Morgan fingerprint density at radius 1 is 1.04 bits per heavy atom. The predicted octanol–water partition coefficient (Wildman–Crippen LogP) is 2.55. The molecule has 146 valence electrons. The molecule has 0 saturated heterocycles. The van der Waals surface area contributed by atoms with Crippen LogP contribution < -0.4 is 15.6 Å². The first-order valence-electron chi connectivity index (χ1n) is 8.46. The first-order valence-corrected chi connectivity index (χ1v) is 10.5. The van der Waals surface area contributed by atoms with E-state index in [2.05, 4.69) is 15.1 Å². The van der Waals surface area contributed by atoms with Crippen molar-refractivity contribution in [2.45, 2.75) is 12.3 Å². The summed E-state index contributed by atoms with van der Waals surface area (Å²) in [7, 11) is -1.92. The maximum absolute atomic E-state index is 12.5. The Kier molecular flexibility index (Phi) is 6.13. The molecule has 0 aliphatic carbocycles. The Labute approximate surface area is 168 Å². The molecule has 0 bridgehead atoms. The van der Waals surface area contributed by atoms with Crippen molar-refractivity contribution in [2.24, 2.45) is 0 Å². The van der Waals surface area contributed by atoms with Crippen LogP contribution >= 0.6 is 11.6 Å². The molecule has 1 aromatic heterocycles. The fourth-order valence-electron chi connectivity index (χ4n) is 2.55. The highest BCUT2D eigenvalue weighted by Crippen LogP contribution is 2.18. The Hall–Kier alpha value is -2.68. The molecular formula is C19H19ClN4O3S. The van der Waals surface area contributed by atoms with Gasteiger partial charge in [-0.2, -0.15) is 9.78 Å². The third-order valence-electron chi connectivity index (χ3n) is 4.09. The number of sulfonamides is 1. The number of rotatable bonds is 7. The Balaban J connectivity index is 1.71. The second-order valence-electron chi connectivity index (χ2n) is 6.06. The van der Waals surface area contributed by atoms with Crippen molar-refractivity contribution in [2.75, 3.05) is 12.4 Å². The molecule has 3 aromatic rings. The number of benzene rings is 2. The zero-order valence-corrected chi connectivity index (χ0v) is 16.7. The van der Waals surface area contributed by atoms with Crippen LogP contribution in [0.1, 0.15) is 11.1 Å². The lowest BCUT2D eigenvalue weighted by Gasteiger charge is -2.11. The average molecular weight is 419 g/mol. The Bertz CT molecular complexity index is 1110. The standard InChI is InChI=1S/C19H19ClN4O3S/c1-21-28(26,27)13-15-9-7-14(8-10-15)11-22-17-12-23-24(19(25)18(17)20)16-5-3-2-4-6-16/h2-10,12,21-22H,11,13H2,1H3. The van der Waals surface area contributed by atoms with Gasteiger partial charge in [-0.05, 0) is 30.3 Å². The molecule has 0 fully saturated rings. The lowest BCUT2D eigenvalue weighted by Crippen LogP contribution is -2.22. The Morgan fingerprint density at radius 3 is 2.32 bits per heavy atom. The van der Waals surface area contributed by atoms with Crippen LogP contribution in [0.3, 0.4) is 0 Å². The summed E-state index contributed by atoms with van der Waals surface area (Å²) in [5.74, 6) is -0.0787. The van der Waals surface area contributed by atoms with Gasteiger partial charge >= 0.3 is 0 Å². The van der Waals surface area contributed by atoms with Crippen LogP contribution in [0.25, 0.3) is 5.69 Å². The van der Waals surface area contributed by atoms with Crippen LogP contribution in [-0.4, -0.2) is 25.2 Å². The summed E-state index contributed by atoms with van der Waals surface area (Å²) < 4.78 is 26.7. The zero-order chi connectivity index (χ0) is 20.1. The molecule has 28 heavy (non-hydrogen) atoms. The minimum absolute atomic E-state index is 0.0515. The van der Waals surface area contributed by atoms with Crippen molar-refractivity contribution in [3.8, 4) is 5.69 Å². The van der Waals surface area contributed by atoms with E-state index in [9.17, 15) is 13.2 Å². The molecule has 1 heterocycles. The molecule has 3 rings (SSSR count).